The van der Waals surface area contributed by atoms with Gasteiger partial charge in [0.25, 0.3) is 0 Å². The number of methoxy groups -OCH3 is 1. The third-order valence-electron chi connectivity index (χ3n) is 4.45. The van der Waals surface area contributed by atoms with Crippen LogP contribution in [0.15, 0.2) is 67.3 Å². The van der Waals surface area contributed by atoms with Gasteiger partial charge in [0.15, 0.2) is 0 Å². The molecule has 0 aliphatic rings. The normalized spacial score (nSPS) is 13.0. The zero-order chi connectivity index (χ0) is 17.5. The molecule has 1 atom stereocenters. The highest BCUT2D eigenvalue weighted by Crippen LogP contribution is 2.32. The highest BCUT2D eigenvalue weighted by Gasteiger charge is 2.33. The smallest absolute Gasteiger partial charge is 0.137 e. The lowest BCUT2D eigenvalue weighted by atomic mass is 9.77. The van der Waals surface area contributed by atoms with Crippen LogP contribution in [-0.4, -0.2) is 21.9 Å². The Morgan fingerprint density at radius 1 is 1.12 bits per heavy atom. The molecule has 0 aliphatic carbocycles. The third-order valence-corrected chi connectivity index (χ3v) is 4.45. The molecule has 0 spiro atoms. The van der Waals surface area contributed by atoms with Crippen molar-refractivity contribution < 1.29 is 4.74 Å². The lowest BCUT2D eigenvalue weighted by Gasteiger charge is -2.27. The van der Waals surface area contributed by atoms with E-state index in [4.69, 9.17) is 4.74 Å². The van der Waals surface area contributed by atoms with E-state index >= 15 is 0 Å². The number of nitriles is 1. The molecule has 1 unspecified atom stereocenters. The van der Waals surface area contributed by atoms with Crippen molar-refractivity contribution in [3.63, 3.8) is 0 Å². The van der Waals surface area contributed by atoms with Crippen molar-refractivity contribution in [2.75, 3.05) is 7.11 Å². The standard InChI is InChI=1S/C20H20N4O/c1-25-19-10-6-5-7-17(19)11-12-20(13-21,14-24-16-22-15-23-24)18-8-3-2-4-9-18/h2-10,15-16H,11-12,14H2,1H3. The fourth-order valence-corrected chi connectivity index (χ4v) is 3.08. The predicted octanol–water partition coefficient (Wildman–Crippen LogP) is 3.38. The molecule has 0 fully saturated rings. The molecule has 1 heterocycles. The number of hydrogen-bond acceptors (Lipinski definition) is 4. The molecule has 0 N–H and O–H groups in total. The summed E-state index contributed by atoms with van der Waals surface area (Å²) in [6.45, 7) is 0.461. The number of aryl methyl sites for hydroxylation is 1. The second kappa shape index (κ2) is 7.63. The van der Waals surface area contributed by atoms with Gasteiger partial charge >= 0.3 is 0 Å². The van der Waals surface area contributed by atoms with Crippen LogP contribution in [0, 0.1) is 11.3 Å². The molecule has 0 saturated carbocycles. The molecule has 0 saturated heterocycles. The van der Waals surface area contributed by atoms with Crippen LogP contribution in [-0.2, 0) is 18.4 Å². The van der Waals surface area contributed by atoms with Crippen LogP contribution < -0.4 is 4.74 Å². The van der Waals surface area contributed by atoms with E-state index in [2.05, 4.69) is 16.2 Å². The Kier molecular flexibility index (Phi) is 5.10. The second-order valence-corrected chi connectivity index (χ2v) is 5.96. The number of nitrogens with zero attached hydrogens (tertiary/aromatic N) is 4. The van der Waals surface area contributed by atoms with E-state index in [1.54, 1.807) is 18.1 Å². The van der Waals surface area contributed by atoms with Gasteiger partial charge in [-0.1, -0.05) is 48.5 Å². The molecule has 25 heavy (non-hydrogen) atoms. The molecule has 2 aromatic carbocycles. The Morgan fingerprint density at radius 3 is 2.56 bits per heavy atom. The number of benzene rings is 2. The summed E-state index contributed by atoms with van der Waals surface area (Å²) in [5.74, 6) is 0.850. The molecule has 126 valence electrons. The van der Waals surface area contributed by atoms with E-state index < -0.39 is 5.41 Å². The van der Waals surface area contributed by atoms with Gasteiger partial charge in [-0.15, -0.1) is 0 Å². The number of ether oxygens (including phenoxy) is 1. The fraction of sp³-hybridized carbons (Fsp3) is 0.250. The minimum Gasteiger partial charge on any atom is -0.496 e. The van der Waals surface area contributed by atoms with Crippen LogP contribution in [0.25, 0.3) is 0 Å². The Bertz CT molecular complexity index is 840. The molecule has 3 rings (SSSR count). The van der Waals surface area contributed by atoms with Crippen LogP contribution in [0.4, 0.5) is 0 Å². The zero-order valence-corrected chi connectivity index (χ0v) is 14.2. The first kappa shape index (κ1) is 16.7. The largest absolute Gasteiger partial charge is 0.496 e. The van der Waals surface area contributed by atoms with Gasteiger partial charge in [0.05, 0.1) is 19.7 Å². The third kappa shape index (κ3) is 3.69. The van der Waals surface area contributed by atoms with Gasteiger partial charge in [0, 0.05) is 0 Å². The molecule has 0 aliphatic heterocycles. The van der Waals surface area contributed by atoms with Crippen molar-refractivity contribution in [2.45, 2.75) is 24.8 Å². The quantitative estimate of drug-likeness (QED) is 0.665. The first-order valence-corrected chi connectivity index (χ1v) is 8.18. The van der Waals surface area contributed by atoms with E-state index in [0.717, 1.165) is 23.3 Å². The lowest BCUT2D eigenvalue weighted by molar-refractivity contribution is 0.388. The maximum absolute atomic E-state index is 10.1. The van der Waals surface area contributed by atoms with Gasteiger partial charge in [-0.2, -0.15) is 10.4 Å². The molecular weight excluding hydrogens is 312 g/mol. The molecular formula is C20H20N4O. The summed E-state index contributed by atoms with van der Waals surface area (Å²) in [6, 6.07) is 20.4. The first-order valence-electron chi connectivity index (χ1n) is 8.18. The number of rotatable bonds is 7. The summed E-state index contributed by atoms with van der Waals surface area (Å²) in [5.41, 5.74) is 1.40. The van der Waals surface area contributed by atoms with Crippen molar-refractivity contribution in [1.82, 2.24) is 14.8 Å². The Hall–Kier alpha value is -3.13. The summed E-state index contributed by atoms with van der Waals surface area (Å²) >= 11 is 0. The Labute approximate surface area is 147 Å². The monoisotopic (exact) mass is 332 g/mol. The minimum atomic E-state index is -0.685. The van der Waals surface area contributed by atoms with Gasteiger partial charge in [0.1, 0.15) is 23.8 Å². The van der Waals surface area contributed by atoms with Crippen molar-refractivity contribution in [2.24, 2.45) is 0 Å². The van der Waals surface area contributed by atoms with E-state index in [0.29, 0.717) is 13.0 Å². The average Bonchev–Trinajstić information content (AvgIpc) is 3.19. The molecule has 5 heteroatoms. The average molecular weight is 332 g/mol. The van der Waals surface area contributed by atoms with E-state index in [1.807, 2.05) is 54.6 Å². The predicted molar refractivity (Wildman–Crippen MR) is 95.1 cm³/mol. The zero-order valence-electron chi connectivity index (χ0n) is 14.2. The number of aromatic nitrogens is 3. The van der Waals surface area contributed by atoms with Crippen LogP contribution >= 0.6 is 0 Å². The van der Waals surface area contributed by atoms with Crippen LogP contribution in [0.3, 0.4) is 0 Å². The molecule has 0 amide bonds. The van der Waals surface area contributed by atoms with Gasteiger partial charge < -0.3 is 4.74 Å². The second-order valence-electron chi connectivity index (χ2n) is 5.96. The first-order chi connectivity index (χ1) is 12.3. The van der Waals surface area contributed by atoms with Crippen molar-refractivity contribution in [1.29, 1.82) is 5.26 Å². The fourth-order valence-electron chi connectivity index (χ4n) is 3.08. The summed E-state index contributed by atoms with van der Waals surface area (Å²) < 4.78 is 7.17. The minimum absolute atomic E-state index is 0.461. The molecule has 1 aromatic heterocycles. The summed E-state index contributed by atoms with van der Waals surface area (Å²) in [5, 5.41) is 14.3. The lowest BCUT2D eigenvalue weighted by Crippen LogP contribution is -2.31. The van der Waals surface area contributed by atoms with Crippen LogP contribution in [0.1, 0.15) is 17.5 Å². The molecule has 5 nitrogen and oxygen atoms in total. The van der Waals surface area contributed by atoms with Gasteiger partial charge in [0.2, 0.25) is 0 Å². The van der Waals surface area contributed by atoms with Gasteiger partial charge in [-0.25, -0.2) is 4.98 Å². The van der Waals surface area contributed by atoms with Gasteiger partial charge in [-0.3, -0.25) is 4.68 Å². The van der Waals surface area contributed by atoms with Gasteiger partial charge in [-0.05, 0) is 30.0 Å². The van der Waals surface area contributed by atoms with Crippen LogP contribution in [0.5, 0.6) is 5.75 Å². The van der Waals surface area contributed by atoms with Crippen molar-refractivity contribution >= 4 is 0 Å². The number of para-hydroxylation sites is 1. The Balaban J connectivity index is 1.92. The highest BCUT2D eigenvalue weighted by molar-refractivity contribution is 5.36. The number of hydrogen-bond donors (Lipinski definition) is 0. The summed E-state index contributed by atoms with van der Waals surface area (Å²) in [6.07, 6.45) is 4.54. The molecule has 0 radical (unpaired) electrons. The SMILES string of the molecule is COc1ccccc1CCC(C#N)(Cn1cncn1)c1ccccc1. The summed E-state index contributed by atoms with van der Waals surface area (Å²) in [7, 11) is 1.67. The molecule has 0 bridgehead atoms. The van der Waals surface area contributed by atoms with Crippen molar-refractivity contribution in [3.8, 4) is 11.8 Å². The molecule has 3 aromatic rings. The highest BCUT2D eigenvalue weighted by atomic mass is 16.5. The Morgan fingerprint density at radius 2 is 1.88 bits per heavy atom. The van der Waals surface area contributed by atoms with Crippen LogP contribution in [0.2, 0.25) is 0 Å². The maximum Gasteiger partial charge on any atom is 0.137 e. The van der Waals surface area contributed by atoms with Crippen molar-refractivity contribution in [3.05, 3.63) is 78.4 Å². The maximum atomic E-state index is 10.1. The van der Waals surface area contributed by atoms with E-state index in [-0.39, 0.29) is 0 Å². The van der Waals surface area contributed by atoms with E-state index in [9.17, 15) is 5.26 Å². The summed E-state index contributed by atoms with van der Waals surface area (Å²) in [4.78, 5) is 4.00. The topological polar surface area (TPSA) is 63.7 Å². The van der Waals surface area contributed by atoms with E-state index in [1.165, 1.54) is 6.33 Å².